The summed E-state index contributed by atoms with van der Waals surface area (Å²) in [5, 5.41) is 3.67. The smallest absolute Gasteiger partial charge is 0.258 e. The molecule has 0 aromatic heterocycles. The Bertz CT molecular complexity index is 1350. The van der Waals surface area contributed by atoms with E-state index < -0.39 is 0 Å². The summed E-state index contributed by atoms with van der Waals surface area (Å²) < 4.78 is 5.50. The zero-order valence-corrected chi connectivity index (χ0v) is 23.5. The predicted octanol–water partition coefficient (Wildman–Crippen LogP) is 6.46. The molecule has 1 fully saturated rings. The highest BCUT2D eigenvalue weighted by molar-refractivity contribution is 6.30. The number of hydrogen-bond acceptors (Lipinski definition) is 4. The summed E-state index contributed by atoms with van der Waals surface area (Å²) in [6.07, 6.45) is 2.98. The van der Waals surface area contributed by atoms with E-state index in [4.69, 9.17) is 16.3 Å². The fourth-order valence-electron chi connectivity index (χ4n) is 5.70. The molecule has 1 atom stereocenters. The normalized spacial score (nSPS) is 17.8. The number of carbonyl (C=O) groups excluding carboxylic acids is 2. The molecular formula is C32H36ClN3O3. The topological polar surface area (TPSA) is 61.9 Å². The first-order valence-electron chi connectivity index (χ1n) is 13.8. The van der Waals surface area contributed by atoms with Gasteiger partial charge in [0.25, 0.3) is 11.8 Å². The molecule has 2 aliphatic rings. The molecule has 2 heterocycles. The van der Waals surface area contributed by atoms with Crippen molar-refractivity contribution < 1.29 is 14.3 Å². The van der Waals surface area contributed by atoms with Crippen LogP contribution in [0.2, 0.25) is 5.02 Å². The van der Waals surface area contributed by atoms with Gasteiger partial charge in [0, 0.05) is 47.2 Å². The Balaban J connectivity index is 1.35. The first-order valence-corrected chi connectivity index (χ1v) is 14.2. The van der Waals surface area contributed by atoms with Crippen LogP contribution in [0.15, 0.2) is 60.7 Å². The maximum Gasteiger partial charge on any atom is 0.258 e. The van der Waals surface area contributed by atoms with E-state index in [-0.39, 0.29) is 11.8 Å². The van der Waals surface area contributed by atoms with Crippen molar-refractivity contribution in [3.8, 4) is 0 Å². The van der Waals surface area contributed by atoms with Gasteiger partial charge in [-0.25, -0.2) is 0 Å². The first kappa shape index (κ1) is 27.4. The average molecular weight is 546 g/mol. The molecule has 0 aliphatic carbocycles. The summed E-state index contributed by atoms with van der Waals surface area (Å²) in [7, 11) is 0. The van der Waals surface area contributed by atoms with Crippen LogP contribution in [0.3, 0.4) is 0 Å². The highest BCUT2D eigenvalue weighted by Crippen LogP contribution is 2.39. The fraction of sp³-hybridized carbons (Fsp3) is 0.375. The van der Waals surface area contributed by atoms with E-state index >= 15 is 0 Å². The molecule has 2 amide bonds. The van der Waals surface area contributed by atoms with Crippen molar-refractivity contribution in [2.24, 2.45) is 0 Å². The second-order valence-electron chi connectivity index (χ2n) is 10.5. The molecule has 1 saturated heterocycles. The third kappa shape index (κ3) is 6.35. The van der Waals surface area contributed by atoms with Gasteiger partial charge in [-0.1, -0.05) is 29.8 Å². The minimum Gasteiger partial charge on any atom is -0.379 e. The van der Waals surface area contributed by atoms with E-state index in [1.54, 1.807) is 0 Å². The maximum absolute atomic E-state index is 13.9. The molecule has 6 nitrogen and oxygen atoms in total. The van der Waals surface area contributed by atoms with E-state index in [2.05, 4.69) is 10.2 Å². The Hall–Kier alpha value is -3.19. The van der Waals surface area contributed by atoms with E-state index in [9.17, 15) is 9.59 Å². The summed E-state index contributed by atoms with van der Waals surface area (Å²) in [4.78, 5) is 31.1. The van der Waals surface area contributed by atoms with Gasteiger partial charge in [0.05, 0.1) is 13.2 Å². The summed E-state index contributed by atoms with van der Waals surface area (Å²) in [5.41, 5.74) is 5.79. The molecule has 1 unspecified atom stereocenters. The van der Waals surface area contributed by atoms with Crippen molar-refractivity contribution in [1.29, 1.82) is 0 Å². The highest BCUT2D eigenvalue weighted by atomic mass is 35.5. The van der Waals surface area contributed by atoms with Gasteiger partial charge in [0.2, 0.25) is 0 Å². The molecule has 39 heavy (non-hydrogen) atoms. The van der Waals surface area contributed by atoms with Gasteiger partial charge in [0.1, 0.15) is 0 Å². The van der Waals surface area contributed by atoms with Crippen LogP contribution in [0.25, 0.3) is 0 Å². The Labute approximate surface area is 235 Å². The molecule has 1 N–H and O–H groups in total. The summed E-state index contributed by atoms with van der Waals surface area (Å²) in [6.45, 7) is 9.05. The Kier molecular flexibility index (Phi) is 8.66. The van der Waals surface area contributed by atoms with Crippen molar-refractivity contribution in [3.05, 3.63) is 93.5 Å². The van der Waals surface area contributed by atoms with E-state index in [1.807, 2.05) is 79.4 Å². The minimum atomic E-state index is -0.159. The van der Waals surface area contributed by atoms with Crippen molar-refractivity contribution in [2.45, 2.75) is 39.0 Å². The molecule has 0 radical (unpaired) electrons. The number of aryl methyl sites for hydroxylation is 2. The van der Waals surface area contributed by atoms with Crippen LogP contribution in [0.4, 0.5) is 11.4 Å². The Morgan fingerprint density at radius 3 is 2.51 bits per heavy atom. The van der Waals surface area contributed by atoms with Crippen molar-refractivity contribution in [3.63, 3.8) is 0 Å². The molecule has 0 saturated carbocycles. The summed E-state index contributed by atoms with van der Waals surface area (Å²) >= 11 is 6.46. The number of hydrogen-bond donors (Lipinski definition) is 1. The first-order chi connectivity index (χ1) is 18.9. The fourth-order valence-corrected chi connectivity index (χ4v) is 5.88. The van der Waals surface area contributed by atoms with Gasteiger partial charge >= 0.3 is 0 Å². The predicted molar refractivity (Wildman–Crippen MR) is 157 cm³/mol. The maximum atomic E-state index is 13.9. The van der Waals surface area contributed by atoms with Gasteiger partial charge in [0.15, 0.2) is 0 Å². The number of morpholine rings is 1. The molecule has 204 valence electrons. The molecule has 3 aromatic rings. The summed E-state index contributed by atoms with van der Waals surface area (Å²) in [5.74, 6) is 0.161. The average Bonchev–Trinajstić information content (AvgIpc) is 3.11. The molecule has 2 aliphatic heterocycles. The van der Waals surface area contributed by atoms with E-state index in [0.717, 1.165) is 74.5 Å². The molecular weight excluding hydrogens is 510 g/mol. The van der Waals surface area contributed by atoms with Gasteiger partial charge in [-0.15, -0.1) is 0 Å². The van der Waals surface area contributed by atoms with E-state index in [1.165, 1.54) is 0 Å². The zero-order valence-electron chi connectivity index (χ0n) is 22.7. The highest BCUT2D eigenvalue weighted by Gasteiger charge is 2.28. The Morgan fingerprint density at radius 2 is 1.74 bits per heavy atom. The second kappa shape index (κ2) is 12.3. The quantitative estimate of drug-likeness (QED) is 0.386. The third-order valence-corrected chi connectivity index (χ3v) is 8.14. The van der Waals surface area contributed by atoms with Crippen LogP contribution in [0.1, 0.15) is 62.6 Å². The summed E-state index contributed by atoms with van der Waals surface area (Å²) in [6, 6.07) is 18.9. The zero-order chi connectivity index (χ0) is 27.4. The SMILES string of the molecule is Cc1ccccc1C(=O)Nc1ccc(C(=O)N2CCCC(CCN3CCOCC3)c3cc(Cl)ccc32)c(C)c1. The lowest BCUT2D eigenvalue weighted by atomic mass is 9.90. The van der Waals surface area contributed by atoms with Gasteiger partial charge in [-0.3, -0.25) is 14.5 Å². The lowest BCUT2D eigenvalue weighted by Crippen LogP contribution is -2.37. The second-order valence-corrected chi connectivity index (χ2v) is 11.0. The third-order valence-electron chi connectivity index (χ3n) is 7.90. The van der Waals surface area contributed by atoms with Crippen LogP contribution < -0.4 is 10.2 Å². The number of benzene rings is 3. The van der Waals surface area contributed by atoms with E-state index in [0.29, 0.717) is 34.3 Å². The van der Waals surface area contributed by atoms with Gasteiger partial charge < -0.3 is 15.0 Å². The monoisotopic (exact) mass is 545 g/mol. The van der Waals surface area contributed by atoms with Crippen LogP contribution in [0.5, 0.6) is 0 Å². The van der Waals surface area contributed by atoms with Crippen LogP contribution in [-0.4, -0.2) is 56.1 Å². The number of nitrogens with one attached hydrogen (secondary N) is 1. The number of nitrogens with zero attached hydrogens (tertiary/aromatic N) is 2. The molecule has 0 bridgehead atoms. The van der Waals surface area contributed by atoms with Crippen LogP contribution in [0, 0.1) is 13.8 Å². The molecule has 7 heteroatoms. The van der Waals surface area contributed by atoms with Crippen LogP contribution in [-0.2, 0) is 4.74 Å². The number of anilines is 2. The lowest BCUT2D eigenvalue weighted by molar-refractivity contribution is 0.0365. The standard InChI is InChI=1S/C32H36ClN3O3/c1-22-6-3-4-8-27(22)31(37)34-26-10-11-28(23(2)20-26)32(38)36-14-5-7-24(13-15-35-16-18-39-19-17-35)29-21-25(33)9-12-30(29)36/h3-4,6,8-12,20-21,24H,5,7,13-19H2,1-2H3,(H,34,37). The number of carbonyl (C=O) groups is 2. The number of fused-ring (bicyclic) bond motifs is 1. The number of halogens is 1. The van der Waals surface area contributed by atoms with Gasteiger partial charge in [-0.05, 0) is 105 Å². The van der Waals surface area contributed by atoms with Crippen LogP contribution >= 0.6 is 11.6 Å². The number of rotatable bonds is 6. The van der Waals surface area contributed by atoms with Crippen molar-refractivity contribution in [1.82, 2.24) is 4.90 Å². The number of amides is 2. The molecule has 5 rings (SSSR count). The minimum absolute atomic E-state index is 0.0262. The van der Waals surface area contributed by atoms with Crippen molar-refractivity contribution >= 4 is 34.8 Å². The Morgan fingerprint density at radius 1 is 0.949 bits per heavy atom. The molecule has 3 aromatic carbocycles. The largest absolute Gasteiger partial charge is 0.379 e. The van der Waals surface area contributed by atoms with Crippen molar-refractivity contribution in [2.75, 3.05) is 49.6 Å². The lowest BCUT2D eigenvalue weighted by Gasteiger charge is -2.29. The molecule has 0 spiro atoms. The number of ether oxygens (including phenoxy) is 1. The van der Waals surface area contributed by atoms with Gasteiger partial charge in [-0.2, -0.15) is 0 Å².